The third-order valence-corrected chi connectivity index (χ3v) is 2.08. The molecule has 1 rings (SSSR count). The summed E-state index contributed by atoms with van der Waals surface area (Å²) in [4.78, 5) is 0. The predicted molar refractivity (Wildman–Crippen MR) is 48.4 cm³/mol. The third kappa shape index (κ3) is 1.85. The van der Waals surface area contributed by atoms with Gasteiger partial charge in [0.2, 0.25) is 0 Å². The molecule has 0 fully saturated rings. The maximum atomic E-state index is 13.3. The third-order valence-electron chi connectivity index (χ3n) is 2.08. The summed E-state index contributed by atoms with van der Waals surface area (Å²) in [7, 11) is 1.38. The normalized spacial score (nSPS) is 12.6. The molecule has 0 saturated carbocycles. The zero-order valence-corrected chi connectivity index (χ0v) is 8.05. The van der Waals surface area contributed by atoms with Crippen LogP contribution in [0.15, 0.2) is 12.1 Å². The fourth-order valence-electron chi connectivity index (χ4n) is 1.28. The highest BCUT2D eigenvalue weighted by atomic mass is 19.2. The first-order chi connectivity index (χ1) is 6.61. The van der Waals surface area contributed by atoms with Gasteiger partial charge in [-0.05, 0) is 12.1 Å². The molecule has 4 heteroatoms. The lowest BCUT2D eigenvalue weighted by Gasteiger charge is -2.14. The Hall–Kier alpha value is -1.16. The average molecular weight is 202 g/mol. The Morgan fingerprint density at radius 1 is 1.43 bits per heavy atom. The number of aliphatic hydroxyl groups excluding tert-OH is 1. The Bertz CT molecular complexity index is 326. The summed E-state index contributed by atoms with van der Waals surface area (Å²) in [6.45, 7) is 1.34. The number of hydrogen-bond acceptors (Lipinski definition) is 2. The first-order valence-electron chi connectivity index (χ1n) is 4.24. The molecule has 1 aromatic carbocycles. The van der Waals surface area contributed by atoms with Crippen molar-refractivity contribution in [3.05, 3.63) is 29.3 Å². The summed E-state index contributed by atoms with van der Waals surface area (Å²) in [6.07, 6.45) is 0. The highest BCUT2D eigenvalue weighted by Crippen LogP contribution is 2.30. The molecular formula is C10H12F2O2. The van der Waals surface area contributed by atoms with Crippen molar-refractivity contribution in [2.45, 2.75) is 12.8 Å². The second-order valence-corrected chi connectivity index (χ2v) is 3.06. The monoisotopic (exact) mass is 202 g/mol. The molecule has 14 heavy (non-hydrogen) atoms. The summed E-state index contributed by atoms with van der Waals surface area (Å²) >= 11 is 0. The number of methoxy groups -OCH3 is 1. The number of benzene rings is 1. The molecule has 0 radical (unpaired) electrons. The number of ether oxygens (including phenoxy) is 1. The van der Waals surface area contributed by atoms with Crippen molar-refractivity contribution in [3.8, 4) is 5.75 Å². The van der Waals surface area contributed by atoms with Crippen LogP contribution >= 0.6 is 0 Å². The molecule has 1 N–H and O–H groups in total. The second-order valence-electron chi connectivity index (χ2n) is 3.06. The van der Waals surface area contributed by atoms with Crippen LogP contribution in [0.4, 0.5) is 8.78 Å². The molecular weight excluding hydrogens is 190 g/mol. The summed E-state index contributed by atoms with van der Waals surface area (Å²) < 4.78 is 31.1. The van der Waals surface area contributed by atoms with Crippen LogP contribution in [0.3, 0.4) is 0 Å². The van der Waals surface area contributed by atoms with Gasteiger partial charge in [0.1, 0.15) is 5.75 Å². The molecule has 1 unspecified atom stereocenters. The van der Waals surface area contributed by atoms with E-state index in [1.807, 2.05) is 0 Å². The van der Waals surface area contributed by atoms with Gasteiger partial charge in [-0.3, -0.25) is 0 Å². The first-order valence-corrected chi connectivity index (χ1v) is 4.24. The molecule has 78 valence electrons. The van der Waals surface area contributed by atoms with E-state index in [2.05, 4.69) is 0 Å². The van der Waals surface area contributed by atoms with Crippen molar-refractivity contribution in [2.75, 3.05) is 13.7 Å². The highest BCUT2D eigenvalue weighted by Gasteiger charge is 2.19. The van der Waals surface area contributed by atoms with Crippen molar-refractivity contribution < 1.29 is 18.6 Å². The fraction of sp³-hybridized carbons (Fsp3) is 0.400. The molecule has 0 aromatic heterocycles. The zero-order valence-electron chi connectivity index (χ0n) is 8.05. The van der Waals surface area contributed by atoms with Crippen LogP contribution in [0, 0.1) is 11.6 Å². The van der Waals surface area contributed by atoms with Gasteiger partial charge in [0.25, 0.3) is 0 Å². The van der Waals surface area contributed by atoms with Crippen LogP contribution in [-0.4, -0.2) is 18.8 Å². The molecule has 1 aromatic rings. The van der Waals surface area contributed by atoms with E-state index < -0.39 is 17.6 Å². The first kappa shape index (κ1) is 10.9. The largest absolute Gasteiger partial charge is 0.496 e. The van der Waals surface area contributed by atoms with E-state index in [4.69, 9.17) is 9.84 Å². The van der Waals surface area contributed by atoms with Crippen LogP contribution in [0.1, 0.15) is 18.4 Å². The number of halogens is 2. The number of rotatable bonds is 3. The van der Waals surface area contributed by atoms with Gasteiger partial charge in [-0.1, -0.05) is 6.92 Å². The molecule has 0 heterocycles. The van der Waals surface area contributed by atoms with Crippen molar-refractivity contribution >= 4 is 0 Å². The quantitative estimate of drug-likeness (QED) is 0.813. The van der Waals surface area contributed by atoms with E-state index in [0.29, 0.717) is 0 Å². The van der Waals surface area contributed by atoms with E-state index in [-0.39, 0.29) is 17.9 Å². The van der Waals surface area contributed by atoms with Crippen LogP contribution < -0.4 is 4.74 Å². The van der Waals surface area contributed by atoms with Gasteiger partial charge in [0, 0.05) is 18.1 Å². The standard InChI is InChI=1S/C10H12F2O2/c1-6(5-13)9-8(14-2)4-3-7(11)10(9)12/h3-4,6,13H,5H2,1-2H3. The maximum Gasteiger partial charge on any atom is 0.166 e. The van der Waals surface area contributed by atoms with Crippen LogP contribution in [0.2, 0.25) is 0 Å². The lowest BCUT2D eigenvalue weighted by Crippen LogP contribution is -2.06. The Morgan fingerprint density at radius 3 is 2.57 bits per heavy atom. The summed E-state index contributed by atoms with van der Waals surface area (Å²) in [5, 5.41) is 8.88. The van der Waals surface area contributed by atoms with E-state index in [9.17, 15) is 8.78 Å². The van der Waals surface area contributed by atoms with Gasteiger partial charge >= 0.3 is 0 Å². The lowest BCUT2D eigenvalue weighted by atomic mass is 10.00. The fourth-order valence-corrected chi connectivity index (χ4v) is 1.28. The average Bonchev–Trinajstić information content (AvgIpc) is 2.20. The van der Waals surface area contributed by atoms with Crippen LogP contribution in [-0.2, 0) is 0 Å². The van der Waals surface area contributed by atoms with Gasteiger partial charge in [-0.15, -0.1) is 0 Å². The Balaban J connectivity index is 3.27. The van der Waals surface area contributed by atoms with Crippen LogP contribution in [0.5, 0.6) is 5.75 Å². The summed E-state index contributed by atoms with van der Waals surface area (Å²) in [6, 6.07) is 2.35. The topological polar surface area (TPSA) is 29.5 Å². The minimum Gasteiger partial charge on any atom is -0.496 e. The molecule has 0 spiro atoms. The van der Waals surface area contributed by atoms with E-state index in [1.54, 1.807) is 6.92 Å². The van der Waals surface area contributed by atoms with Crippen molar-refractivity contribution in [1.82, 2.24) is 0 Å². The molecule has 0 saturated heterocycles. The van der Waals surface area contributed by atoms with Crippen molar-refractivity contribution in [2.24, 2.45) is 0 Å². The van der Waals surface area contributed by atoms with Crippen LogP contribution in [0.25, 0.3) is 0 Å². The second kappa shape index (κ2) is 4.37. The molecule has 0 bridgehead atoms. The number of aliphatic hydroxyl groups is 1. The Labute approximate surface area is 81.1 Å². The van der Waals surface area contributed by atoms with E-state index >= 15 is 0 Å². The lowest BCUT2D eigenvalue weighted by molar-refractivity contribution is 0.265. The molecule has 0 aliphatic rings. The zero-order chi connectivity index (χ0) is 10.7. The molecule has 0 aliphatic carbocycles. The van der Waals surface area contributed by atoms with Crippen molar-refractivity contribution in [3.63, 3.8) is 0 Å². The number of hydrogen-bond donors (Lipinski definition) is 1. The maximum absolute atomic E-state index is 13.3. The van der Waals surface area contributed by atoms with E-state index in [0.717, 1.165) is 6.07 Å². The molecule has 0 amide bonds. The summed E-state index contributed by atoms with van der Waals surface area (Å²) in [5.74, 6) is -2.11. The molecule has 2 nitrogen and oxygen atoms in total. The van der Waals surface area contributed by atoms with Gasteiger partial charge in [-0.2, -0.15) is 0 Å². The Kier molecular flexibility index (Phi) is 3.41. The van der Waals surface area contributed by atoms with E-state index in [1.165, 1.54) is 13.2 Å². The van der Waals surface area contributed by atoms with Gasteiger partial charge in [0.15, 0.2) is 11.6 Å². The van der Waals surface area contributed by atoms with Crippen molar-refractivity contribution in [1.29, 1.82) is 0 Å². The minimum atomic E-state index is -0.953. The molecule has 0 aliphatic heterocycles. The molecule has 1 atom stereocenters. The predicted octanol–water partition coefficient (Wildman–Crippen LogP) is 2.07. The Morgan fingerprint density at radius 2 is 2.07 bits per heavy atom. The van der Waals surface area contributed by atoms with Gasteiger partial charge < -0.3 is 9.84 Å². The smallest absolute Gasteiger partial charge is 0.166 e. The highest BCUT2D eigenvalue weighted by molar-refractivity contribution is 5.37. The van der Waals surface area contributed by atoms with Gasteiger partial charge in [-0.25, -0.2) is 8.78 Å². The summed E-state index contributed by atoms with van der Waals surface area (Å²) in [5.41, 5.74) is 0.0787. The minimum absolute atomic E-state index is 0.0787. The SMILES string of the molecule is COc1ccc(F)c(F)c1C(C)CO. The van der Waals surface area contributed by atoms with Gasteiger partial charge in [0.05, 0.1) is 7.11 Å².